The van der Waals surface area contributed by atoms with Gasteiger partial charge in [-0.2, -0.15) is 0 Å². The summed E-state index contributed by atoms with van der Waals surface area (Å²) in [6.07, 6.45) is 1.43. The lowest BCUT2D eigenvalue weighted by atomic mass is 10.4. The Bertz CT molecular complexity index is 143. The molecular formula is C7H12N2. The normalized spacial score (nSPS) is 38.6. The summed E-state index contributed by atoms with van der Waals surface area (Å²) in [5, 5.41) is 7.33. The maximum absolute atomic E-state index is 7.33. The molecule has 2 aliphatic rings. The summed E-state index contributed by atoms with van der Waals surface area (Å²) in [5.74, 6) is 2.68. The molecule has 2 heteroatoms. The molecule has 2 unspecified atom stereocenters. The van der Waals surface area contributed by atoms with Crippen LogP contribution in [0.3, 0.4) is 0 Å². The van der Waals surface area contributed by atoms with E-state index in [1.54, 1.807) is 0 Å². The molecule has 2 nitrogen and oxygen atoms in total. The van der Waals surface area contributed by atoms with Gasteiger partial charge in [0.05, 0.1) is 5.84 Å². The van der Waals surface area contributed by atoms with Gasteiger partial charge in [-0.1, -0.05) is 0 Å². The molecule has 1 aliphatic heterocycles. The molecule has 50 valence electrons. The first-order valence-electron chi connectivity index (χ1n) is 3.57. The third-order valence-electron chi connectivity index (χ3n) is 2.45. The molecule has 1 saturated carbocycles. The van der Waals surface area contributed by atoms with E-state index >= 15 is 0 Å². The quantitative estimate of drug-likeness (QED) is 0.377. The molecule has 9 heavy (non-hydrogen) atoms. The molecule has 2 rings (SSSR count). The van der Waals surface area contributed by atoms with Crippen molar-refractivity contribution in [3.05, 3.63) is 0 Å². The first kappa shape index (κ1) is 5.27. The summed E-state index contributed by atoms with van der Waals surface area (Å²) in [6, 6.07) is 0. The van der Waals surface area contributed by atoms with Crippen LogP contribution in [-0.2, 0) is 0 Å². The highest BCUT2D eigenvalue weighted by atomic mass is 15.2. The molecule has 0 aromatic heterocycles. The zero-order valence-electron chi connectivity index (χ0n) is 5.72. The topological polar surface area (TPSA) is 27.1 Å². The summed E-state index contributed by atoms with van der Waals surface area (Å²) >= 11 is 0. The molecule has 1 heterocycles. The van der Waals surface area contributed by atoms with E-state index in [0.717, 1.165) is 17.7 Å². The van der Waals surface area contributed by atoms with Crippen molar-refractivity contribution >= 4 is 5.84 Å². The number of amidine groups is 1. The molecule has 1 saturated heterocycles. The van der Waals surface area contributed by atoms with E-state index < -0.39 is 0 Å². The monoisotopic (exact) mass is 124 g/mol. The van der Waals surface area contributed by atoms with Gasteiger partial charge in [0.2, 0.25) is 0 Å². The zero-order chi connectivity index (χ0) is 6.43. The third kappa shape index (κ3) is 0.732. The fourth-order valence-electron chi connectivity index (χ4n) is 1.67. The number of hydrogen-bond acceptors (Lipinski definition) is 1. The Morgan fingerprint density at radius 2 is 2.00 bits per heavy atom. The van der Waals surface area contributed by atoms with E-state index in [1.807, 2.05) is 6.92 Å². The van der Waals surface area contributed by atoms with Crippen LogP contribution in [0.4, 0.5) is 0 Å². The zero-order valence-corrected chi connectivity index (χ0v) is 5.72. The van der Waals surface area contributed by atoms with E-state index in [1.165, 1.54) is 19.5 Å². The molecule has 0 aromatic rings. The number of piperidine rings is 1. The average molecular weight is 124 g/mol. The maximum Gasteiger partial charge on any atom is 0.0926 e. The molecular weight excluding hydrogens is 112 g/mol. The van der Waals surface area contributed by atoms with Gasteiger partial charge in [-0.15, -0.1) is 0 Å². The van der Waals surface area contributed by atoms with Crippen LogP contribution >= 0.6 is 0 Å². The van der Waals surface area contributed by atoms with Crippen LogP contribution in [-0.4, -0.2) is 23.8 Å². The molecule has 0 radical (unpaired) electrons. The molecule has 2 fully saturated rings. The Hall–Kier alpha value is -0.530. The van der Waals surface area contributed by atoms with E-state index in [0.29, 0.717) is 0 Å². The van der Waals surface area contributed by atoms with Gasteiger partial charge in [-0.05, 0) is 25.2 Å². The smallest absolute Gasteiger partial charge is 0.0926 e. The molecule has 0 bridgehead atoms. The first-order valence-corrected chi connectivity index (χ1v) is 3.57. The SMILES string of the molecule is CC(=N)N1CC2CC2C1. The molecule has 0 amide bonds. The van der Waals surface area contributed by atoms with Crippen LogP contribution in [0.2, 0.25) is 0 Å². The Labute approximate surface area is 55.4 Å². The van der Waals surface area contributed by atoms with E-state index in [4.69, 9.17) is 5.41 Å². The van der Waals surface area contributed by atoms with Gasteiger partial charge in [0.1, 0.15) is 0 Å². The predicted octanol–water partition coefficient (Wildman–Crippen LogP) is 0.935. The largest absolute Gasteiger partial charge is 0.360 e. The number of nitrogens with zero attached hydrogens (tertiary/aromatic N) is 1. The molecule has 0 aromatic carbocycles. The van der Waals surface area contributed by atoms with Crippen molar-refractivity contribution in [1.82, 2.24) is 4.90 Å². The van der Waals surface area contributed by atoms with E-state index in [2.05, 4.69) is 4.90 Å². The van der Waals surface area contributed by atoms with Crippen LogP contribution in [0.1, 0.15) is 13.3 Å². The average Bonchev–Trinajstić information content (AvgIpc) is 2.40. The van der Waals surface area contributed by atoms with Gasteiger partial charge in [-0.25, -0.2) is 0 Å². The van der Waals surface area contributed by atoms with Crippen LogP contribution in [0.15, 0.2) is 0 Å². The van der Waals surface area contributed by atoms with E-state index in [-0.39, 0.29) is 0 Å². The lowest BCUT2D eigenvalue weighted by Gasteiger charge is -2.17. The van der Waals surface area contributed by atoms with Crippen LogP contribution in [0, 0.1) is 17.2 Å². The highest BCUT2D eigenvalue weighted by Crippen LogP contribution is 2.44. The second-order valence-electron chi connectivity index (χ2n) is 3.25. The van der Waals surface area contributed by atoms with Gasteiger partial charge in [-0.3, -0.25) is 5.41 Å². The van der Waals surface area contributed by atoms with Crippen LogP contribution in [0.5, 0.6) is 0 Å². The van der Waals surface area contributed by atoms with Gasteiger partial charge in [0, 0.05) is 13.1 Å². The van der Waals surface area contributed by atoms with E-state index in [9.17, 15) is 0 Å². The van der Waals surface area contributed by atoms with Crippen molar-refractivity contribution in [3.63, 3.8) is 0 Å². The molecule has 2 atom stereocenters. The number of hydrogen-bond donors (Lipinski definition) is 1. The summed E-state index contributed by atoms with van der Waals surface area (Å²) in [7, 11) is 0. The second-order valence-corrected chi connectivity index (χ2v) is 3.25. The van der Waals surface area contributed by atoms with Crippen molar-refractivity contribution in [2.75, 3.05) is 13.1 Å². The molecule has 0 spiro atoms. The van der Waals surface area contributed by atoms with Gasteiger partial charge in [0.25, 0.3) is 0 Å². The summed E-state index contributed by atoms with van der Waals surface area (Å²) in [5.41, 5.74) is 0. The first-order chi connectivity index (χ1) is 4.27. The van der Waals surface area contributed by atoms with Gasteiger partial charge in [0.15, 0.2) is 0 Å². The maximum atomic E-state index is 7.33. The number of rotatable bonds is 0. The minimum atomic E-state index is 0.752. The van der Waals surface area contributed by atoms with Gasteiger partial charge >= 0.3 is 0 Å². The predicted molar refractivity (Wildman–Crippen MR) is 36.6 cm³/mol. The Kier molecular flexibility index (Phi) is 0.875. The van der Waals surface area contributed by atoms with Crippen molar-refractivity contribution < 1.29 is 0 Å². The Balaban J connectivity index is 1.97. The molecule has 1 N–H and O–H groups in total. The minimum absolute atomic E-state index is 0.752. The molecule has 1 aliphatic carbocycles. The van der Waals surface area contributed by atoms with Crippen molar-refractivity contribution in [2.45, 2.75) is 13.3 Å². The standard InChI is InChI=1S/C7H12N2/c1-5(8)9-3-6-2-7(6)4-9/h6-8H,2-4H2,1H3. The van der Waals surface area contributed by atoms with Crippen LogP contribution < -0.4 is 0 Å². The number of fused-ring (bicyclic) bond motifs is 1. The fraction of sp³-hybridized carbons (Fsp3) is 0.857. The Morgan fingerprint density at radius 1 is 1.44 bits per heavy atom. The summed E-state index contributed by atoms with van der Waals surface area (Å²) in [4.78, 5) is 2.18. The second kappa shape index (κ2) is 1.49. The van der Waals surface area contributed by atoms with Crippen molar-refractivity contribution in [1.29, 1.82) is 5.41 Å². The van der Waals surface area contributed by atoms with Gasteiger partial charge < -0.3 is 4.90 Å². The summed E-state index contributed by atoms with van der Waals surface area (Å²) in [6.45, 7) is 4.21. The minimum Gasteiger partial charge on any atom is -0.360 e. The lowest BCUT2D eigenvalue weighted by Crippen LogP contribution is -2.26. The van der Waals surface area contributed by atoms with Crippen LogP contribution in [0.25, 0.3) is 0 Å². The third-order valence-corrected chi connectivity index (χ3v) is 2.45. The highest BCUT2D eigenvalue weighted by molar-refractivity contribution is 5.76. The van der Waals surface area contributed by atoms with Crippen molar-refractivity contribution in [3.8, 4) is 0 Å². The Morgan fingerprint density at radius 3 is 2.33 bits per heavy atom. The fourth-order valence-corrected chi connectivity index (χ4v) is 1.67. The number of likely N-dealkylation sites (tertiary alicyclic amines) is 1. The highest BCUT2D eigenvalue weighted by Gasteiger charge is 2.45. The van der Waals surface area contributed by atoms with Crippen molar-refractivity contribution in [2.24, 2.45) is 11.8 Å². The summed E-state index contributed by atoms with van der Waals surface area (Å²) < 4.78 is 0. The lowest BCUT2D eigenvalue weighted by molar-refractivity contribution is 0.456. The number of nitrogens with one attached hydrogen (secondary N) is 1.